The first-order chi connectivity index (χ1) is 9.50. The molecule has 0 unspecified atom stereocenters. The largest absolute Gasteiger partial charge is 0.478 e. The number of ether oxygens (including phenoxy) is 1. The number of nitro benzene ring substituents is 1. The molecule has 20 heavy (non-hydrogen) atoms. The first-order valence-corrected chi connectivity index (χ1v) is 5.47. The Balaban J connectivity index is 2.36. The van der Waals surface area contributed by atoms with Gasteiger partial charge in [0.1, 0.15) is 18.5 Å². The fourth-order valence-electron chi connectivity index (χ4n) is 1.56. The topological polar surface area (TPSA) is 120 Å². The van der Waals surface area contributed by atoms with E-state index in [0.29, 0.717) is 5.82 Å². The van der Waals surface area contributed by atoms with Gasteiger partial charge in [-0.15, -0.1) is 10.2 Å². The number of carboxylic acids is 1. The van der Waals surface area contributed by atoms with E-state index in [0.717, 1.165) is 0 Å². The third-order valence-corrected chi connectivity index (χ3v) is 2.57. The van der Waals surface area contributed by atoms with E-state index in [9.17, 15) is 14.9 Å². The van der Waals surface area contributed by atoms with Gasteiger partial charge in [0.05, 0.1) is 4.92 Å². The van der Waals surface area contributed by atoms with Gasteiger partial charge in [0, 0.05) is 13.1 Å². The van der Waals surface area contributed by atoms with E-state index in [2.05, 4.69) is 10.2 Å². The van der Waals surface area contributed by atoms with Crippen molar-refractivity contribution in [3.05, 3.63) is 46.0 Å². The fourth-order valence-corrected chi connectivity index (χ4v) is 1.56. The van der Waals surface area contributed by atoms with Crippen molar-refractivity contribution in [2.24, 2.45) is 7.05 Å². The summed E-state index contributed by atoms with van der Waals surface area (Å²) in [5.74, 6) is -1.19. The molecule has 1 aromatic heterocycles. The third kappa shape index (κ3) is 2.55. The molecule has 0 amide bonds. The van der Waals surface area contributed by atoms with Gasteiger partial charge < -0.3 is 14.4 Å². The zero-order valence-electron chi connectivity index (χ0n) is 10.4. The Kier molecular flexibility index (Phi) is 3.60. The first-order valence-electron chi connectivity index (χ1n) is 5.47. The van der Waals surface area contributed by atoms with Crippen molar-refractivity contribution in [3.63, 3.8) is 0 Å². The number of hydrogen-bond acceptors (Lipinski definition) is 6. The number of aromatic carboxylic acids is 1. The lowest BCUT2D eigenvalue weighted by Gasteiger charge is -2.08. The van der Waals surface area contributed by atoms with E-state index in [1.54, 1.807) is 11.6 Å². The summed E-state index contributed by atoms with van der Waals surface area (Å²) in [6.45, 7) is -0.123. The Morgan fingerprint density at radius 3 is 2.85 bits per heavy atom. The number of para-hydroxylation sites is 1. The van der Waals surface area contributed by atoms with Gasteiger partial charge in [-0.05, 0) is 6.07 Å². The van der Waals surface area contributed by atoms with Crippen LogP contribution in [0.25, 0.3) is 0 Å². The summed E-state index contributed by atoms with van der Waals surface area (Å²) in [6.07, 6.45) is 1.44. The zero-order chi connectivity index (χ0) is 14.7. The molecule has 0 bridgehead atoms. The summed E-state index contributed by atoms with van der Waals surface area (Å²) in [5, 5.41) is 27.4. The van der Waals surface area contributed by atoms with Crippen LogP contribution in [0.3, 0.4) is 0 Å². The highest BCUT2D eigenvalue weighted by atomic mass is 16.6. The van der Waals surface area contributed by atoms with Crippen molar-refractivity contribution in [3.8, 4) is 5.75 Å². The van der Waals surface area contributed by atoms with Gasteiger partial charge in [0.25, 0.3) is 0 Å². The molecule has 104 valence electrons. The number of nitrogens with zero attached hydrogens (tertiary/aromatic N) is 4. The van der Waals surface area contributed by atoms with Gasteiger partial charge in [0.2, 0.25) is 5.75 Å². The fraction of sp³-hybridized carbons (Fsp3) is 0.182. The summed E-state index contributed by atoms with van der Waals surface area (Å²) < 4.78 is 6.83. The average molecular weight is 278 g/mol. The maximum atomic E-state index is 11.1. The predicted molar refractivity (Wildman–Crippen MR) is 65.4 cm³/mol. The monoisotopic (exact) mass is 278 g/mol. The van der Waals surface area contributed by atoms with Crippen molar-refractivity contribution >= 4 is 11.7 Å². The van der Waals surface area contributed by atoms with E-state index in [-0.39, 0.29) is 17.9 Å². The molecule has 9 nitrogen and oxygen atoms in total. The van der Waals surface area contributed by atoms with Gasteiger partial charge >= 0.3 is 11.7 Å². The van der Waals surface area contributed by atoms with E-state index in [1.165, 1.54) is 24.5 Å². The SMILES string of the molecule is Cn1cnnc1COc1c(C(=O)O)cccc1[N+](=O)[O-]. The molecule has 0 atom stereocenters. The maximum absolute atomic E-state index is 11.1. The normalized spacial score (nSPS) is 10.2. The van der Waals surface area contributed by atoms with Crippen molar-refractivity contribution in [2.45, 2.75) is 6.61 Å². The van der Waals surface area contributed by atoms with E-state index < -0.39 is 16.6 Å². The molecular formula is C11H10N4O5. The van der Waals surface area contributed by atoms with Crippen LogP contribution in [0.4, 0.5) is 5.69 Å². The molecule has 1 N–H and O–H groups in total. The average Bonchev–Trinajstić information content (AvgIpc) is 2.81. The van der Waals surface area contributed by atoms with E-state index in [1.807, 2.05) is 0 Å². The number of hydrogen-bond donors (Lipinski definition) is 1. The summed E-state index contributed by atoms with van der Waals surface area (Å²) in [7, 11) is 1.68. The van der Waals surface area contributed by atoms with Crippen molar-refractivity contribution < 1.29 is 19.6 Å². The predicted octanol–water partition coefficient (Wildman–Crippen LogP) is 1.00. The Bertz CT molecular complexity index is 634. The Morgan fingerprint density at radius 1 is 1.55 bits per heavy atom. The number of nitro groups is 1. The highest BCUT2D eigenvalue weighted by Gasteiger charge is 2.23. The molecule has 1 heterocycles. The van der Waals surface area contributed by atoms with Crippen molar-refractivity contribution in [1.82, 2.24) is 14.8 Å². The van der Waals surface area contributed by atoms with Crippen LogP contribution in [0.1, 0.15) is 16.2 Å². The van der Waals surface area contributed by atoms with Crippen LogP contribution in [0.2, 0.25) is 0 Å². The van der Waals surface area contributed by atoms with Gasteiger partial charge in [-0.1, -0.05) is 6.07 Å². The van der Waals surface area contributed by atoms with Crippen LogP contribution in [-0.2, 0) is 13.7 Å². The summed E-state index contributed by atoms with van der Waals surface area (Å²) >= 11 is 0. The van der Waals surface area contributed by atoms with E-state index in [4.69, 9.17) is 9.84 Å². The Hall–Kier alpha value is -2.97. The number of aromatic nitrogens is 3. The Labute approximate surface area is 112 Å². The van der Waals surface area contributed by atoms with Crippen LogP contribution in [0.15, 0.2) is 24.5 Å². The zero-order valence-corrected chi connectivity index (χ0v) is 10.4. The molecule has 2 rings (SSSR count). The summed E-state index contributed by atoms with van der Waals surface area (Å²) in [4.78, 5) is 21.3. The van der Waals surface area contributed by atoms with Crippen LogP contribution in [0, 0.1) is 10.1 Å². The molecule has 2 aromatic rings. The van der Waals surface area contributed by atoms with E-state index >= 15 is 0 Å². The number of carbonyl (C=O) groups is 1. The van der Waals surface area contributed by atoms with Crippen LogP contribution in [-0.4, -0.2) is 30.8 Å². The minimum Gasteiger partial charge on any atom is -0.478 e. The molecule has 1 aromatic carbocycles. The quantitative estimate of drug-likeness (QED) is 0.639. The van der Waals surface area contributed by atoms with Crippen LogP contribution >= 0.6 is 0 Å². The first kappa shape index (κ1) is 13.5. The van der Waals surface area contributed by atoms with Gasteiger partial charge in [-0.2, -0.15) is 0 Å². The van der Waals surface area contributed by atoms with Gasteiger partial charge in [-0.3, -0.25) is 10.1 Å². The number of aryl methyl sites for hydroxylation is 1. The molecule has 9 heteroatoms. The lowest BCUT2D eigenvalue weighted by molar-refractivity contribution is -0.386. The summed E-state index contributed by atoms with van der Waals surface area (Å²) in [6, 6.07) is 3.70. The van der Waals surface area contributed by atoms with Gasteiger partial charge in [0.15, 0.2) is 5.82 Å². The van der Waals surface area contributed by atoms with Gasteiger partial charge in [-0.25, -0.2) is 4.79 Å². The molecule has 0 aliphatic heterocycles. The lowest BCUT2D eigenvalue weighted by atomic mass is 10.2. The molecule has 0 saturated carbocycles. The Morgan fingerprint density at radius 2 is 2.30 bits per heavy atom. The molecule has 0 aliphatic rings. The van der Waals surface area contributed by atoms with Crippen molar-refractivity contribution in [1.29, 1.82) is 0 Å². The maximum Gasteiger partial charge on any atom is 0.339 e. The number of rotatable bonds is 5. The molecule has 0 saturated heterocycles. The molecule has 0 radical (unpaired) electrons. The lowest BCUT2D eigenvalue weighted by Crippen LogP contribution is -2.08. The second-order valence-electron chi connectivity index (χ2n) is 3.86. The van der Waals surface area contributed by atoms with Crippen LogP contribution in [0.5, 0.6) is 5.75 Å². The second-order valence-corrected chi connectivity index (χ2v) is 3.86. The minimum atomic E-state index is -1.30. The third-order valence-electron chi connectivity index (χ3n) is 2.57. The second kappa shape index (κ2) is 5.34. The number of carboxylic acid groups (broad SMARTS) is 1. The molecule has 0 spiro atoms. The smallest absolute Gasteiger partial charge is 0.339 e. The number of benzene rings is 1. The molecule has 0 fully saturated rings. The minimum absolute atomic E-state index is 0.123. The van der Waals surface area contributed by atoms with Crippen molar-refractivity contribution in [2.75, 3.05) is 0 Å². The van der Waals surface area contributed by atoms with Crippen LogP contribution < -0.4 is 4.74 Å². The molecular weight excluding hydrogens is 268 g/mol. The highest BCUT2D eigenvalue weighted by molar-refractivity contribution is 5.92. The highest BCUT2D eigenvalue weighted by Crippen LogP contribution is 2.31. The molecule has 0 aliphatic carbocycles. The standard InChI is InChI=1S/C11H10N4O5/c1-14-6-12-13-9(14)5-20-10-7(11(16)17)3-2-4-8(10)15(18)19/h2-4,6H,5H2,1H3,(H,16,17). The summed E-state index contributed by atoms with van der Waals surface area (Å²) in [5.41, 5.74) is -0.687.